The van der Waals surface area contributed by atoms with E-state index in [0.717, 1.165) is 37.4 Å². The number of aromatic nitrogens is 1. The summed E-state index contributed by atoms with van der Waals surface area (Å²) in [5.74, 6) is 2.70. The minimum atomic E-state index is -0.494. The van der Waals surface area contributed by atoms with Gasteiger partial charge in [-0.1, -0.05) is 19.9 Å². The number of hydrogen-bond acceptors (Lipinski definition) is 4. The second-order valence-electron chi connectivity index (χ2n) is 8.15. The standard InChI is InChI=1S/C22H27FN2O2/c1-14(2)19-4-3-5-22(24-19)25-12-15-10-20(26)21(11-16(15)13-25)27-18-8-6-17(23)7-9-18/h3-9,14-16,20-21,26H,10-13H2,1-2H3/t15-,16+,20+,21+/m0/s1. The summed E-state index contributed by atoms with van der Waals surface area (Å²) in [7, 11) is 0. The normalized spacial score (nSPS) is 27.7. The number of anilines is 1. The second-order valence-corrected chi connectivity index (χ2v) is 8.15. The third kappa shape index (κ3) is 3.93. The molecule has 4 atom stereocenters. The van der Waals surface area contributed by atoms with Crippen molar-refractivity contribution in [2.45, 2.75) is 44.8 Å². The monoisotopic (exact) mass is 370 g/mol. The fraction of sp³-hybridized carbons (Fsp3) is 0.500. The molecule has 2 aliphatic rings. The lowest BCUT2D eigenvalue weighted by Crippen LogP contribution is -2.42. The van der Waals surface area contributed by atoms with E-state index in [-0.39, 0.29) is 11.9 Å². The van der Waals surface area contributed by atoms with Crippen LogP contribution < -0.4 is 9.64 Å². The summed E-state index contributed by atoms with van der Waals surface area (Å²) in [5, 5.41) is 10.6. The van der Waals surface area contributed by atoms with Crippen LogP contribution in [0.4, 0.5) is 10.2 Å². The van der Waals surface area contributed by atoms with Gasteiger partial charge in [0.15, 0.2) is 0 Å². The molecule has 5 heteroatoms. The minimum Gasteiger partial charge on any atom is -0.488 e. The Bertz CT molecular complexity index is 780. The largest absolute Gasteiger partial charge is 0.488 e. The number of fused-ring (bicyclic) bond motifs is 1. The van der Waals surface area contributed by atoms with Gasteiger partial charge in [-0.25, -0.2) is 9.37 Å². The molecule has 1 saturated carbocycles. The third-order valence-electron chi connectivity index (χ3n) is 5.86. The van der Waals surface area contributed by atoms with Crippen molar-refractivity contribution in [2.24, 2.45) is 11.8 Å². The lowest BCUT2D eigenvalue weighted by molar-refractivity contribution is -0.0231. The highest BCUT2D eigenvalue weighted by molar-refractivity contribution is 5.41. The van der Waals surface area contributed by atoms with Gasteiger partial charge in [-0.15, -0.1) is 0 Å². The highest BCUT2D eigenvalue weighted by atomic mass is 19.1. The van der Waals surface area contributed by atoms with Crippen LogP contribution >= 0.6 is 0 Å². The van der Waals surface area contributed by atoms with E-state index in [4.69, 9.17) is 9.72 Å². The van der Waals surface area contributed by atoms with Gasteiger partial charge in [-0.3, -0.25) is 0 Å². The SMILES string of the molecule is CC(C)c1cccc(N2C[C@H]3C[C@@H](Oc4ccc(F)cc4)[C@H](O)C[C@H]3C2)n1. The van der Waals surface area contributed by atoms with Crippen LogP contribution in [0, 0.1) is 17.7 Å². The van der Waals surface area contributed by atoms with Crippen molar-refractivity contribution in [3.63, 3.8) is 0 Å². The van der Waals surface area contributed by atoms with Gasteiger partial charge in [0.2, 0.25) is 0 Å². The van der Waals surface area contributed by atoms with Crippen LogP contribution in [-0.2, 0) is 0 Å². The first kappa shape index (κ1) is 18.2. The number of benzene rings is 1. The van der Waals surface area contributed by atoms with Gasteiger partial charge in [0.05, 0.1) is 6.10 Å². The number of aliphatic hydroxyl groups is 1. The maximum Gasteiger partial charge on any atom is 0.128 e. The molecule has 1 aromatic carbocycles. The van der Waals surface area contributed by atoms with Crippen LogP contribution in [0.25, 0.3) is 0 Å². The van der Waals surface area contributed by atoms with Gasteiger partial charge >= 0.3 is 0 Å². The van der Waals surface area contributed by atoms with Crippen molar-refractivity contribution in [1.82, 2.24) is 4.98 Å². The molecule has 27 heavy (non-hydrogen) atoms. The average Bonchev–Trinajstić information content (AvgIpc) is 3.06. The molecule has 2 fully saturated rings. The first-order valence-electron chi connectivity index (χ1n) is 9.82. The number of halogens is 1. The Balaban J connectivity index is 1.44. The summed E-state index contributed by atoms with van der Waals surface area (Å²) >= 11 is 0. The molecule has 1 N–H and O–H groups in total. The molecule has 2 heterocycles. The maximum absolute atomic E-state index is 13.1. The van der Waals surface area contributed by atoms with Crippen molar-refractivity contribution in [1.29, 1.82) is 0 Å². The summed E-state index contributed by atoms with van der Waals surface area (Å²) in [6.45, 7) is 6.18. The Morgan fingerprint density at radius 3 is 2.48 bits per heavy atom. The summed E-state index contributed by atoms with van der Waals surface area (Å²) in [6, 6.07) is 12.2. The van der Waals surface area contributed by atoms with E-state index in [1.807, 2.05) is 0 Å². The molecule has 1 aliphatic heterocycles. The van der Waals surface area contributed by atoms with Crippen molar-refractivity contribution in [2.75, 3.05) is 18.0 Å². The molecule has 1 aromatic heterocycles. The van der Waals surface area contributed by atoms with Crippen LogP contribution in [0.2, 0.25) is 0 Å². The molecular formula is C22H27FN2O2. The lowest BCUT2D eigenvalue weighted by Gasteiger charge is -2.35. The Morgan fingerprint density at radius 2 is 1.78 bits per heavy atom. The maximum atomic E-state index is 13.1. The van der Waals surface area contributed by atoms with Crippen LogP contribution in [-0.4, -0.2) is 35.4 Å². The molecule has 0 unspecified atom stereocenters. The van der Waals surface area contributed by atoms with Crippen LogP contribution in [0.1, 0.15) is 38.3 Å². The van der Waals surface area contributed by atoms with E-state index >= 15 is 0 Å². The fourth-order valence-electron chi connectivity index (χ4n) is 4.33. The van der Waals surface area contributed by atoms with E-state index in [0.29, 0.717) is 23.5 Å². The van der Waals surface area contributed by atoms with Gasteiger partial charge < -0.3 is 14.7 Å². The zero-order valence-corrected chi connectivity index (χ0v) is 15.9. The molecular weight excluding hydrogens is 343 g/mol. The van der Waals surface area contributed by atoms with Crippen LogP contribution in [0.5, 0.6) is 5.75 Å². The van der Waals surface area contributed by atoms with Gasteiger partial charge in [-0.2, -0.15) is 0 Å². The zero-order chi connectivity index (χ0) is 19.0. The fourth-order valence-corrected chi connectivity index (χ4v) is 4.33. The Kier molecular flexibility index (Phi) is 5.04. The summed E-state index contributed by atoms with van der Waals surface area (Å²) in [5.41, 5.74) is 1.11. The molecule has 144 valence electrons. The molecule has 0 amide bonds. The average molecular weight is 370 g/mol. The van der Waals surface area contributed by atoms with Crippen molar-refractivity contribution in [3.05, 3.63) is 54.0 Å². The minimum absolute atomic E-state index is 0.244. The predicted octanol–water partition coefficient (Wildman–Crippen LogP) is 4.00. The predicted molar refractivity (Wildman–Crippen MR) is 104 cm³/mol. The zero-order valence-electron chi connectivity index (χ0n) is 15.9. The molecule has 0 radical (unpaired) electrons. The Morgan fingerprint density at radius 1 is 1.07 bits per heavy atom. The number of nitrogens with zero attached hydrogens (tertiary/aromatic N) is 2. The molecule has 4 rings (SSSR count). The van der Waals surface area contributed by atoms with Gasteiger partial charge in [0, 0.05) is 18.8 Å². The Hall–Kier alpha value is -2.14. The van der Waals surface area contributed by atoms with Gasteiger partial charge in [0.1, 0.15) is 23.5 Å². The summed E-state index contributed by atoms with van der Waals surface area (Å²) in [6.07, 6.45) is 0.804. The highest BCUT2D eigenvalue weighted by Gasteiger charge is 2.43. The molecule has 1 aliphatic carbocycles. The third-order valence-corrected chi connectivity index (χ3v) is 5.86. The van der Waals surface area contributed by atoms with E-state index in [9.17, 15) is 9.50 Å². The first-order chi connectivity index (χ1) is 13.0. The van der Waals surface area contributed by atoms with Crippen LogP contribution in [0.15, 0.2) is 42.5 Å². The number of ether oxygens (including phenoxy) is 1. The number of aliphatic hydroxyl groups excluding tert-OH is 1. The molecule has 0 spiro atoms. The first-order valence-corrected chi connectivity index (χ1v) is 9.82. The van der Waals surface area contributed by atoms with Crippen LogP contribution in [0.3, 0.4) is 0 Å². The van der Waals surface area contributed by atoms with E-state index in [1.165, 1.54) is 12.1 Å². The molecule has 2 aromatic rings. The number of hydrogen-bond donors (Lipinski definition) is 1. The summed E-state index contributed by atoms with van der Waals surface area (Å²) < 4.78 is 19.1. The number of rotatable bonds is 4. The second kappa shape index (κ2) is 7.47. The quantitative estimate of drug-likeness (QED) is 0.884. The number of pyridine rings is 1. The van der Waals surface area contributed by atoms with Crippen molar-refractivity contribution < 1.29 is 14.2 Å². The van der Waals surface area contributed by atoms with Crippen molar-refractivity contribution in [3.8, 4) is 5.75 Å². The van der Waals surface area contributed by atoms with Gasteiger partial charge in [0.25, 0.3) is 0 Å². The smallest absolute Gasteiger partial charge is 0.128 e. The highest BCUT2D eigenvalue weighted by Crippen LogP contribution is 2.39. The molecule has 4 nitrogen and oxygen atoms in total. The van der Waals surface area contributed by atoms with Gasteiger partial charge in [-0.05, 0) is 67.0 Å². The Labute approximate surface area is 160 Å². The van der Waals surface area contributed by atoms with E-state index in [1.54, 1.807) is 12.1 Å². The van der Waals surface area contributed by atoms with Crippen molar-refractivity contribution >= 4 is 5.82 Å². The topological polar surface area (TPSA) is 45.6 Å². The lowest BCUT2D eigenvalue weighted by atomic mass is 9.78. The molecule has 1 saturated heterocycles. The summed E-state index contributed by atoms with van der Waals surface area (Å²) in [4.78, 5) is 7.16. The molecule has 0 bridgehead atoms. The van der Waals surface area contributed by atoms with E-state index < -0.39 is 6.10 Å². The van der Waals surface area contributed by atoms with E-state index in [2.05, 4.69) is 36.9 Å².